The zero-order valence-corrected chi connectivity index (χ0v) is 9.00. The fourth-order valence-electron chi connectivity index (χ4n) is 2.25. The van der Waals surface area contributed by atoms with E-state index in [-0.39, 0.29) is 6.04 Å². The van der Waals surface area contributed by atoms with E-state index in [4.69, 9.17) is 5.73 Å². The molecule has 1 fully saturated rings. The number of fused-ring (bicyclic) bond motifs is 1. The molecule has 2 unspecified atom stereocenters. The van der Waals surface area contributed by atoms with Gasteiger partial charge in [-0.3, -0.25) is 0 Å². The highest BCUT2D eigenvalue weighted by Gasteiger charge is 2.23. The first-order valence-electron chi connectivity index (χ1n) is 5.65. The quantitative estimate of drug-likeness (QED) is 0.788. The van der Waals surface area contributed by atoms with Crippen LogP contribution in [0.3, 0.4) is 0 Å². The molecule has 1 aliphatic rings. The highest BCUT2D eigenvalue weighted by molar-refractivity contribution is 5.46. The molecular weight excluding hydrogens is 202 g/mol. The summed E-state index contributed by atoms with van der Waals surface area (Å²) in [7, 11) is 0. The van der Waals surface area contributed by atoms with Gasteiger partial charge in [-0.1, -0.05) is 0 Å². The van der Waals surface area contributed by atoms with Crippen LogP contribution in [-0.2, 0) is 0 Å². The fraction of sp³-hybridized carbons (Fsp3) is 0.455. The van der Waals surface area contributed by atoms with Crippen molar-refractivity contribution in [2.24, 2.45) is 5.73 Å². The zero-order valence-electron chi connectivity index (χ0n) is 9.00. The molecule has 5 nitrogen and oxygen atoms in total. The number of hydrogen-bond acceptors (Lipinski definition) is 4. The molecule has 0 bridgehead atoms. The van der Waals surface area contributed by atoms with Crippen molar-refractivity contribution in [3.05, 3.63) is 24.5 Å². The number of nitrogens with one attached hydrogen (secondary N) is 1. The molecule has 16 heavy (non-hydrogen) atoms. The maximum absolute atomic E-state index is 6.01. The first-order valence-corrected chi connectivity index (χ1v) is 5.65. The highest BCUT2D eigenvalue weighted by Crippen LogP contribution is 2.20. The minimum absolute atomic E-state index is 0.253. The van der Waals surface area contributed by atoms with E-state index in [2.05, 4.69) is 15.4 Å². The van der Waals surface area contributed by atoms with Gasteiger partial charge in [-0.15, -0.1) is 0 Å². The van der Waals surface area contributed by atoms with Gasteiger partial charge in [0.25, 0.3) is 0 Å². The summed E-state index contributed by atoms with van der Waals surface area (Å²) in [6, 6.07) is 4.44. The molecule has 3 rings (SSSR count). The Labute approximate surface area is 93.7 Å². The second-order valence-electron chi connectivity index (χ2n) is 4.29. The summed E-state index contributed by atoms with van der Waals surface area (Å²) in [6.07, 6.45) is 7.09. The molecule has 0 aliphatic heterocycles. The second kappa shape index (κ2) is 3.75. The van der Waals surface area contributed by atoms with Gasteiger partial charge in [-0.05, 0) is 25.3 Å². The van der Waals surface area contributed by atoms with Gasteiger partial charge in [0, 0.05) is 24.3 Å². The molecule has 0 radical (unpaired) electrons. The SMILES string of the molecule is NC1CCCC1Nc1ccn2nccc2n1. The predicted molar refractivity (Wildman–Crippen MR) is 62.2 cm³/mol. The van der Waals surface area contributed by atoms with E-state index in [0.29, 0.717) is 6.04 Å². The Morgan fingerprint density at radius 2 is 2.31 bits per heavy atom. The molecule has 3 N–H and O–H groups in total. The lowest BCUT2D eigenvalue weighted by atomic mass is 10.2. The molecule has 0 aromatic carbocycles. The van der Waals surface area contributed by atoms with E-state index in [1.807, 2.05) is 18.3 Å². The topological polar surface area (TPSA) is 68.2 Å². The monoisotopic (exact) mass is 217 g/mol. The number of nitrogens with zero attached hydrogens (tertiary/aromatic N) is 3. The van der Waals surface area contributed by atoms with Gasteiger partial charge in [0.15, 0.2) is 5.65 Å². The molecule has 2 aromatic heterocycles. The third-order valence-electron chi connectivity index (χ3n) is 3.16. The fourth-order valence-corrected chi connectivity index (χ4v) is 2.25. The van der Waals surface area contributed by atoms with Crippen LogP contribution in [0.15, 0.2) is 24.5 Å². The minimum atomic E-state index is 0.253. The van der Waals surface area contributed by atoms with Gasteiger partial charge in [0.05, 0.1) is 6.20 Å². The van der Waals surface area contributed by atoms with Gasteiger partial charge in [-0.25, -0.2) is 9.50 Å². The Kier molecular flexibility index (Phi) is 2.25. The number of nitrogens with two attached hydrogens (primary N) is 1. The molecular formula is C11H15N5. The van der Waals surface area contributed by atoms with Gasteiger partial charge in [-0.2, -0.15) is 5.10 Å². The normalized spacial score (nSPS) is 25.1. The average Bonchev–Trinajstić information content (AvgIpc) is 2.88. The predicted octanol–water partition coefficient (Wildman–Crippen LogP) is 1.02. The molecule has 2 aromatic rings. The van der Waals surface area contributed by atoms with Gasteiger partial charge < -0.3 is 11.1 Å². The van der Waals surface area contributed by atoms with Crippen molar-refractivity contribution in [3.63, 3.8) is 0 Å². The van der Waals surface area contributed by atoms with E-state index >= 15 is 0 Å². The Morgan fingerprint density at radius 1 is 1.38 bits per heavy atom. The number of rotatable bonds is 2. The summed E-state index contributed by atoms with van der Waals surface area (Å²) in [5.74, 6) is 0.885. The lowest BCUT2D eigenvalue weighted by Crippen LogP contribution is -2.35. The smallest absolute Gasteiger partial charge is 0.157 e. The second-order valence-corrected chi connectivity index (χ2v) is 4.29. The van der Waals surface area contributed by atoms with Crippen molar-refractivity contribution in [3.8, 4) is 0 Å². The molecule has 84 valence electrons. The first kappa shape index (κ1) is 9.59. The van der Waals surface area contributed by atoms with Crippen molar-refractivity contribution in [1.29, 1.82) is 0 Å². The largest absolute Gasteiger partial charge is 0.366 e. The van der Waals surface area contributed by atoms with Crippen LogP contribution >= 0.6 is 0 Å². The summed E-state index contributed by atoms with van der Waals surface area (Å²) in [4.78, 5) is 4.47. The lowest BCUT2D eigenvalue weighted by Gasteiger charge is -2.17. The molecule has 2 heterocycles. The average molecular weight is 217 g/mol. The number of hydrogen-bond donors (Lipinski definition) is 2. The summed E-state index contributed by atoms with van der Waals surface area (Å²) < 4.78 is 1.75. The third-order valence-corrected chi connectivity index (χ3v) is 3.16. The summed E-state index contributed by atoms with van der Waals surface area (Å²) in [5.41, 5.74) is 6.87. The number of aromatic nitrogens is 3. The van der Waals surface area contributed by atoms with Crippen molar-refractivity contribution < 1.29 is 0 Å². The Morgan fingerprint density at radius 3 is 3.12 bits per heavy atom. The van der Waals surface area contributed by atoms with E-state index in [0.717, 1.165) is 24.3 Å². The van der Waals surface area contributed by atoms with Crippen LogP contribution in [0.4, 0.5) is 5.82 Å². The van der Waals surface area contributed by atoms with E-state index < -0.39 is 0 Å². The molecule has 0 spiro atoms. The van der Waals surface area contributed by atoms with Crippen molar-refractivity contribution >= 4 is 11.5 Å². The van der Waals surface area contributed by atoms with E-state index in [9.17, 15) is 0 Å². The van der Waals surface area contributed by atoms with Gasteiger partial charge >= 0.3 is 0 Å². The zero-order chi connectivity index (χ0) is 11.0. The summed E-state index contributed by atoms with van der Waals surface area (Å²) in [6.45, 7) is 0. The van der Waals surface area contributed by atoms with Crippen LogP contribution < -0.4 is 11.1 Å². The molecule has 0 amide bonds. The molecule has 5 heteroatoms. The van der Waals surface area contributed by atoms with Crippen LogP contribution in [0.2, 0.25) is 0 Å². The van der Waals surface area contributed by atoms with E-state index in [1.165, 1.54) is 6.42 Å². The van der Waals surface area contributed by atoms with Crippen LogP contribution in [0.1, 0.15) is 19.3 Å². The van der Waals surface area contributed by atoms with Crippen molar-refractivity contribution in [1.82, 2.24) is 14.6 Å². The first-order chi connectivity index (χ1) is 7.83. The molecule has 0 saturated heterocycles. The van der Waals surface area contributed by atoms with Crippen LogP contribution in [0, 0.1) is 0 Å². The highest BCUT2D eigenvalue weighted by atomic mass is 15.2. The maximum atomic E-state index is 6.01. The standard InChI is InChI=1S/C11H15N5/c12-8-2-1-3-9(8)14-10-5-7-16-11(15-10)4-6-13-16/h4-9H,1-3,12H2,(H,14,15). The Hall–Kier alpha value is -1.62. The van der Waals surface area contributed by atoms with Crippen LogP contribution in [0.5, 0.6) is 0 Å². The summed E-state index contributed by atoms with van der Waals surface area (Å²) in [5, 5.41) is 7.50. The van der Waals surface area contributed by atoms with Crippen molar-refractivity contribution in [2.45, 2.75) is 31.3 Å². The maximum Gasteiger partial charge on any atom is 0.157 e. The molecule has 1 saturated carbocycles. The van der Waals surface area contributed by atoms with E-state index in [1.54, 1.807) is 10.7 Å². The minimum Gasteiger partial charge on any atom is -0.366 e. The van der Waals surface area contributed by atoms with Crippen molar-refractivity contribution in [2.75, 3.05) is 5.32 Å². The Balaban J connectivity index is 1.83. The van der Waals surface area contributed by atoms with Crippen LogP contribution in [0.25, 0.3) is 5.65 Å². The number of anilines is 1. The molecule has 2 atom stereocenters. The Bertz CT molecular complexity index is 492. The van der Waals surface area contributed by atoms with Crippen LogP contribution in [-0.4, -0.2) is 26.7 Å². The summed E-state index contributed by atoms with van der Waals surface area (Å²) >= 11 is 0. The molecule has 1 aliphatic carbocycles. The lowest BCUT2D eigenvalue weighted by molar-refractivity contribution is 0.635. The third kappa shape index (κ3) is 1.63. The van der Waals surface area contributed by atoms with Gasteiger partial charge in [0.1, 0.15) is 5.82 Å². The van der Waals surface area contributed by atoms with Gasteiger partial charge in [0.2, 0.25) is 0 Å².